The third kappa shape index (κ3) is 4.24. The maximum absolute atomic E-state index is 14.1. The molecule has 3 aliphatic heterocycles. The first-order chi connectivity index (χ1) is 16.9. The maximum Gasteiger partial charge on any atom is 0.409 e. The number of carbonyl (C=O) groups is 1. The van der Waals surface area contributed by atoms with Crippen molar-refractivity contribution in [1.82, 2.24) is 24.0 Å². The number of amides is 1. The maximum atomic E-state index is 14.1. The Morgan fingerprint density at radius 3 is 2.71 bits per heavy atom. The third-order valence-electron chi connectivity index (χ3n) is 7.95. The highest BCUT2D eigenvalue weighted by Gasteiger charge is 2.49. The van der Waals surface area contributed by atoms with Crippen LogP contribution in [0.1, 0.15) is 39.0 Å². The fourth-order valence-electron chi connectivity index (χ4n) is 6.32. The van der Waals surface area contributed by atoms with Gasteiger partial charge in [-0.3, -0.25) is 4.68 Å². The molecular formula is C25H33FN6O2S. The van der Waals surface area contributed by atoms with E-state index in [0.717, 1.165) is 56.0 Å². The first-order valence-corrected chi connectivity index (χ1v) is 13.4. The van der Waals surface area contributed by atoms with Gasteiger partial charge in [-0.2, -0.15) is 5.10 Å². The van der Waals surface area contributed by atoms with Gasteiger partial charge in [0.05, 0.1) is 19.0 Å². The van der Waals surface area contributed by atoms with Crippen molar-refractivity contribution in [2.24, 2.45) is 12.5 Å². The summed E-state index contributed by atoms with van der Waals surface area (Å²) in [6, 6.07) is 2.54. The molecule has 0 unspecified atom stereocenters. The van der Waals surface area contributed by atoms with Crippen molar-refractivity contribution < 1.29 is 13.9 Å². The van der Waals surface area contributed by atoms with Crippen molar-refractivity contribution in [3.63, 3.8) is 0 Å². The van der Waals surface area contributed by atoms with Crippen molar-refractivity contribution in [1.29, 1.82) is 0 Å². The fourth-order valence-corrected chi connectivity index (χ4v) is 7.97. The van der Waals surface area contributed by atoms with E-state index in [1.165, 1.54) is 37.0 Å². The minimum atomic E-state index is -0.322. The number of hydrogen-bond donors (Lipinski definition) is 1. The Morgan fingerprint density at radius 1 is 1.26 bits per heavy atom. The summed E-state index contributed by atoms with van der Waals surface area (Å²) in [5.74, 6) is 0.533. The number of fused-ring (bicyclic) bond motifs is 2. The molecule has 1 saturated carbocycles. The van der Waals surface area contributed by atoms with E-state index in [1.54, 1.807) is 21.8 Å². The average Bonchev–Trinajstić information content (AvgIpc) is 3.49. The van der Waals surface area contributed by atoms with E-state index in [1.807, 2.05) is 25.1 Å². The highest BCUT2D eigenvalue weighted by atomic mass is 32.1. The number of halogens is 1. The molecule has 2 atom stereocenters. The van der Waals surface area contributed by atoms with Gasteiger partial charge in [-0.25, -0.2) is 18.5 Å². The number of ether oxygens (including phenoxy) is 1. The molecule has 5 heterocycles. The van der Waals surface area contributed by atoms with Gasteiger partial charge in [0.2, 0.25) is 0 Å². The number of aryl methyl sites for hydroxylation is 1. The lowest BCUT2D eigenvalue weighted by molar-refractivity contribution is 0.00482. The molecule has 6 rings (SSSR count). The van der Waals surface area contributed by atoms with Crippen LogP contribution in [0.25, 0.3) is 11.1 Å². The van der Waals surface area contributed by atoms with E-state index in [4.69, 9.17) is 4.74 Å². The average molecular weight is 501 g/mol. The molecule has 1 amide bonds. The van der Waals surface area contributed by atoms with Gasteiger partial charge < -0.3 is 14.5 Å². The van der Waals surface area contributed by atoms with Crippen LogP contribution in [0.2, 0.25) is 0 Å². The van der Waals surface area contributed by atoms with Gasteiger partial charge in [-0.1, -0.05) is 0 Å². The Hall–Kier alpha value is -2.46. The van der Waals surface area contributed by atoms with E-state index in [-0.39, 0.29) is 17.3 Å². The Kier molecular flexibility index (Phi) is 5.83. The normalized spacial score (nSPS) is 26.8. The molecule has 188 valence electrons. The van der Waals surface area contributed by atoms with Crippen LogP contribution in [-0.2, 0) is 11.8 Å². The number of piperazine rings is 1. The Morgan fingerprint density at radius 2 is 2.03 bits per heavy atom. The minimum Gasteiger partial charge on any atom is -0.450 e. The Balaban J connectivity index is 1.15. The lowest BCUT2D eigenvalue weighted by Gasteiger charge is -2.47. The molecule has 1 aliphatic carbocycles. The number of pyridine rings is 1. The van der Waals surface area contributed by atoms with Crippen LogP contribution in [0.5, 0.6) is 0 Å². The topological polar surface area (TPSA) is 66.7 Å². The van der Waals surface area contributed by atoms with Gasteiger partial charge >= 0.3 is 6.09 Å². The lowest BCUT2D eigenvalue weighted by atomic mass is 9.79. The molecular weight excluding hydrogens is 467 g/mol. The SMILES string of the molecule is CCOC(=O)N1CC2(CC/C(=[SH]\N3[C@@H]4CC[C@H]3CN(c3ncc(F)cc3-c3cnn(C)c3)C4)C2)C1. The summed E-state index contributed by atoms with van der Waals surface area (Å²) >= 11 is 1.37. The van der Waals surface area contributed by atoms with E-state index in [9.17, 15) is 9.18 Å². The van der Waals surface area contributed by atoms with Gasteiger partial charge in [0.1, 0.15) is 11.6 Å². The first kappa shape index (κ1) is 23.0. The molecule has 8 nitrogen and oxygen atoms in total. The van der Waals surface area contributed by atoms with Crippen LogP contribution in [0.4, 0.5) is 15.0 Å². The van der Waals surface area contributed by atoms with Crippen LogP contribution >= 0.6 is 11.5 Å². The third-order valence-corrected chi connectivity index (χ3v) is 9.50. The number of carbonyl (C=O) groups excluding carboxylic acids is 1. The molecule has 2 aromatic heterocycles. The fraction of sp³-hybridized carbons (Fsp3) is 0.600. The molecule has 0 radical (unpaired) electrons. The highest BCUT2D eigenvalue weighted by molar-refractivity contribution is 7.96. The largest absolute Gasteiger partial charge is 0.450 e. The molecule has 10 heteroatoms. The summed E-state index contributed by atoms with van der Waals surface area (Å²) in [5.41, 5.74) is 1.98. The highest BCUT2D eigenvalue weighted by Crippen LogP contribution is 2.47. The zero-order valence-electron chi connectivity index (χ0n) is 20.4. The van der Waals surface area contributed by atoms with E-state index < -0.39 is 0 Å². The Bertz CT molecular complexity index is 1150. The van der Waals surface area contributed by atoms with Crippen LogP contribution in [0, 0.1) is 11.2 Å². The monoisotopic (exact) mass is 500 g/mol. The van der Waals surface area contributed by atoms with Crippen molar-refractivity contribution in [3.8, 4) is 11.1 Å². The first-order valence-electron chi connectivity index (χ1n) is 12.6. The van der Waals surface area contributed by atoms with Crippen LogP contribution in [-0.4, -0.2) is 79.8 Å². The molecule has 0 N–H and O–H groups in total. The summed E-state index contributed by atoms with van der Waals surface area (Å²) in [6.07, 6.45) is 10.7. The van der Waals surface area contributed by atoms with E-state index in [2.05, 4.69) is 19.3 Å². The number of aromatic nitrogens is 3. The van der Waals surface area contributed by atoms with E-state index in [0.29, 0.717) is 18.7 Å². The van der Waals surface area contributed by atoms with Crippen molar-refractivity contribution in [3.05, 3.63) is 30.5 Å². The minimum absolute atomic E-state index is 0.168. The number of rotatable bonds is 4. The second-order valence-electron chi connectivity index (χ2n) is 10.5. The molecule has 0 aromatic carbocycles. The summed E-state index contributed by atoms with van der Waals surface area (Å²) in [7, 11) is 1.87. The molecule has 1 spiro atoms. The van der Waals surface area contributed by atoms with Gasteiger partial charge in [-0.15, -0.1) is 11.5 Å². The van der Waals surface area contributed by atoms with Crippen molar-refractivity contribution in [2.45, 2.75) is 51.1 Å². The number of thiol groups is 1. The van der Waals surface area contributed by atoms with Gasteiger partial charge in [-0.05, 0) is 50.0 Å². The lowest BCUT2D eigenvalue weighted by Crippen LogP contribution is -2.57. The zero-order chi connectivity index (χ0) is 24.2. The van der Waals surface area contributed by atoms with Gasteiger partial charge in [0.15, 0.2) is 0 Å². The molecule has 4 fully saturated rings. The Labute approximate surface area is 209 Å². The van der Waals surface area contributed by atoms with Crippen molar-refractivity contribution in [2.75, 3.05) is 37.7 Å². The summed E-state index contributed by atoms with van der Waals surface area (Å²) in [4.78, 5) is 22.3. The standard InChI is InChI=1S/C25H33FN6O2S/c1-3-34-24(33)31-15-25(16-31)7-6-21(9-25)35-32-19-4-5-20(32)14-30(13-19)23-22(8-18(26)11-27-23)17-10-28-29(2)12-17/h8,10-12,19-20,35H,3-7,9,13-16H2,1-2H3/t19-,20+. The number of nitrogens with zero attached hydrogens (tertiary/aromatic N) is 6. The number of likely N-dealkylation sites (tertiary alicyclic amines) is 1. The smallest absolute Gasteiger partial charge is 0.409 e. The summed E-state index contributed by atoms with van der Waals surface area (Å²) in [5, 5.41) is 4.27. The number of hydrogen-bond acceptors (Lipinski definition) is 6. The van der Waals surface area contributed by atoms with Crippen LogP contribution < -0.4 is 4.90 Å². The molecule has 35 heavy (non-hydrogen) atoms. The van der Waals surface area contributed by atoms with Crippen molar-refractivity contribution >= 4 is 28.3 Å². The number of anilines is 1. The molecule has 2 aromatic rings. The summed E-state index contributed by atoms with van der Waals surface area (Å²) < 4.78 is 23.7. The van der Waals surface area contributed by atoms with Gasteiger partial charge in [0.25, 0.3) is 0 Å². The predicted octanol–water partition coefficient (Wildman–Crippen LogP) is 3.47. The second kappa shape index (κ2) is 8.89. The van der Waals surface area contributed by atoms with Crippen LogP contribution in [0.15, 0.2) is 24.7 Å². The van der Waals surface area contributed by atoms with Crippen LogP contribution in [0.3, 0.4) is 0 Å². The molecule has 3 saturated heterocycles. The molecule has 4 aliphatic rings. The molecule has 2 bridgehead atoms. The summed E-state index contributed by atoms with van der Waals surface area (Å²) in [6.45, 7) is 5.77. The predicted molar refractivity (Wildman–Crippen MR) is 136 cm³/mol. The zero-order valence-corrected chi connectivity index (χ0v) is 21.3. The quantitative estimate of drug-likeness (QED) is 0.512. The second-order valence-corrected chi connectivity index (χ2v) is 11.8. The van der Waals surface area contributed by atoms with E-state index >= 15 is 0 Å². The van der Waals surface area contributed by atoms with Gasteiger partial charge in [0, 0.05) is 68.0 Å².